The van der Waals surface area contributed by atoms with E-state index in [2.05, 4.69) is 15.5 Å². The fraction of sp³-hybridized carbons (Fsp3) is 0.118. The number of carbonyl (C=O) groups is 1. The number of hydrazone groups is 1. The third-order valence-corrected chi connectivity index (χ3v) is 4.27. The number of fused-ring (bicyclic) bond motifs is 1. The van der Waals surface area contributed by atoms with Crippen LogP contribution in [0.15, 0.2) is 52.9 Å². The molecule has 0 fully saturated rings. The van der Waals surface area contributed by atoms with Crippen molar-refractivity contribution in [2.75, 3.05) is 0 Å². The molecule has 5 heteroatoms. The average molecular weight is 309 g/mol. The minimum absolute atomic E-state index is 0.224. The second-order valence-electron chi connectivity index (χ2n) is 4.94. The molecule has 0 radical (unpaired) electrons. The molecule has 1 aromatic carbocycles. The first-order valence-corrected chi connectivity index (χ1v) is 7.78. The summed E-state index contributed by atoms with van der Waals surface area (Å²) >= 11 is 1.59. The number of pyridine rings is 1. The molecule has 22 heavy (non-hydrogen) atoms. The van der Waals surface area contributed by atoms with Crippen LogP contribution in [-0.2, 0) is 0 Å². The molecule has 2 aromatic heterocycles. The zero-order chi connectivity index (χ0) is 15.5. The molecule has 0 saturated carbocycles. The summed E-state index contributed by atoms with van der Waals surface area (Å²) in [6.07, 6.45) is 0. The summed E-state index contributed by atoms with van der Waals surface area (Å²) in [7, 11) is 0. The lowest BCUT2D eigenvalue weighted by Crippen LogP contribution is -2.19. The molecule has 0 aliphatic rings. The van der Waals surface area contributed by atoms with E-state index < -0.39 is 0 Å². The van der Waals surface area contributed by atoms with Gasteiger partial charge in [0.15, 0.2) is 0 Å². The molecule has 110 valence electrons. The highest BCUT2D eigenvalue weighted by atomic mass is 32.1. The number of amides is 1. The molecular weight excluding hydrogens is 294 g/mol. The van der Waals surface area contributed by atoms with Gasteiger partial charge < -0.3 is 0 Å². The molecule has 1 amide bonds. The lowest BCUT2D eigenvalue weighted by Gasteiger charge is -2.07. The van der Waals surface area contributed by atoms with Crippen molar-refractivity contribution in [3.63, 3.8) is 0 Å². The zero-order valence-electron chi connectivity index (χ0n) is 12.3. The standard InChI is InChI=1S/C17H15N3OS/c1-11-10-14(13-6-3-4-7-15(13)18-11)17(21)20-19-12(2)16-8-5-9-22-16/h3-10H,1-2H3,(H,20,21)/b19-12+. The van der Waals surface area contributed by atoms with E-state index in [4.69, 9.17) is 0 Å². The third kappa shape index (κ3) is 2.89. The summed E-state index contributed by atoms with van der Waals surface area (Å²) in [5, 5.41) is 7.00. The van der Waals surface area contributed by atoms with E-state index in [1.165, 1.54) is 0 Å². The van der Waals surface area contributed by atoms with Crippen molar-refractivity contribution < 1.29 is 4.79 Å². The van der Waals surface area contributed by atoms with E-state index in [1.807, 2.05) is 55.6 Å². The summed E-state index contributed by atoms with van der Waals surface area (Å²) in [5.41, 5.74) is 5.63. The van der Waals surface area contributed by atoms with Gasteiger partial charge in [-0.25, -0.2) is 5.43 Å². The zero-order valence-corrected chi connectivity index (χ0v) is 13.1. The largest absolute Gasteiger partial charge is 0.272 e. The molecule has 0 unspecified atom stereocenters. The Balaban J connectivity index is 1.91. The SMILES string of the molecule is C/C(=N\NC(=O)c1cc(C)nc2ccccc12)c1cccs1. The van der Waals surface area contributed by atoms with Gasteiger partial charge in [-0.05, 0) is 37.4 Å². The molecule has 0 aliphatic carbocycles. The Labute approximate surface area is 132 Å². The van der Waals surface area contributed by atoms with E-state index >= 15 is 0 Å². The van der Waals surface area contributed by atoms with Crippen LogP contribution in [0.25, 0.3) is 10.9 Å². The summed E-state index contributed by atoms with van der Waals surface area (Å²) in [4.78, 5) is 17.9. The molecule has 2 heterocycles. The topological polar surface area (TPSA) is 54.4 Å². The molecule has 0 spiro atoms. The minimum atomic E-state index is -0.224. The Morgan fingerprint density at radius 3 is 2.82 bits per heavy atom. The predicted octanol–water partition coefficient (Wildman–Crippen LogP) is 3.76. The van der Waals surface area contributed by atoms with Gasteiger partial charge in [0.2, 0.25) is 0 Å². The number of rotatable bonds is 3. The lowest BCUT2D eigenvalue weighted by atomic mass is 10.1. The van der Waals surface area contributed by atoms with Crippen molar-refractivity contribution in [1.29, 1.82) is 0 Å². The molecule has 4 nitrogen and oxygen atoms in total. The maximum absolute atomic E-state index is 12.4. The van der Waals surface area contributed by atoms with Crippen LogP contribution < -0.4 is 5.43 Å². The van der Waals surface area contributed by atoms with Gasteiger partial charge in [-0.3, -0.25) is 9.78 Å². The van der Waals surface area contributed by atoms with Crippen LogP contribution in [0.1, 0.15) is 27.9 Å². The fourth-order valence-electron chi connectivity index (χ4n) is 2.23. The van der Waals surface area contributed by atoms with Gasteiger partial charge in [0.1, 0.15) is 0 Å². The first-order chi connectivity index (χ1) is 10.6. The molecule has 3 rings (SSSR count). The average Bonchev–Trinajstić information content (AvgIpc) is 3.06. The van der Waals surface area contributed by atoms with Gasteiger partial charge in [0.25, 0.3) is 5.91 Å². The maximum Gasteiger partial charge on any atom is 0.272 e. The second kappa shape index (κ2) is 6.07. The van der Waals surface area contributed by atoms with Crippen molar-refractivity contribution >= 4 is 33.9 Å². The molecule has 0 bridgehead atoms. The minimum Gasteiger partial charge on any atom is -0.267 e. The van der Waals surface area contributed by atoms with Crippen molar-refractivity contribution in [2.45, 2.75) is 13.8 Å². The van der Waals surface area contributed by atoms with Gasteiger partial charge in [0.05, 0.1) is 16.8 Å². The van der Waals surface area contributed by atoms with Gasteiger partial charge in [0, 0.05) is 16.0 Å². The lowest BCUT2D eigenvalue weighted by molar-refractivity contribution is 0.0956. The van der Waals surface area contributed by atoms with E-state index in [0.717, 1.165) is 27.2 Å². The number of nitrogens with zero attached hydrogens (tertiary/aromatic N) is 2. The Morgan fingerprint density at radius 2 is 2.05 bits per heavy atom. The number of aromatic nitrogens is 1. The maximum atomic E-state index is 12.4. The van der Waals surface area contributed by atoms with Crippen LogP contribution in [0.5, 0.6) is 0 Å². The van der Waals surface area contributed by atoms with Gasteiger partial charge >= 0.3 is 0 Å². The number of para-hydroxylation sites is 1. The normalized spacial score (nSPS) is 11.6. The van der Waals surface area contributed by atoms with E-state index in [9.17, 15) is 4.79 Å². The molecular formula is C17H15N3OS. The molecule has 0 aliphatic heterocycles. The van der Waals surface area contributed by atoms with Gasteiger partial charge in [-0.15, -0.1) is 11.3 Å². The summed E-state index contributed by atoms with van der Waals surface area (Å²) in [6, 6.07) is 13.3. The Kier molecular flexibility index (Phi) is 3.98. The fourth-order valence-corrected chi connectivity index (χ4v) is 2.91. The molecule has 1 N–H and O–H groups in total. The number of hydrogen-bond acceptors (Lipinski definition) is 4. The molecule has 0 atom stereocenters. The van der Waals surface area contributed by atoms with Gasteiger partial charge in [-0.1, -0.05) is 24.3 Å². The monoisotopic (exact) mass is 309 g/mol. The quantitative estimate of drug-likeness (QED) is 0.591. The number of thiophene rings is 1. The van der Waals surface area contributed by atoms with Crippen molar-refractivity contribution in [3.05, 3.63) is 64.0 Å². The number of nitrogens with one attached hydrogen (secondary N) is 1. The van der Waals surface area contributed by atoms with Crippen LogP contribution in [-0.4, -0.2) is 16.6 Å². The Bertz CT molecular complexity index is 853. The van der Waals surface area contributed by atoms with E-state index in [-0.39, 0.29) is 5.91 Å². The highest BCUT2D eigenvalue weighted by Crippen LogP contribution is 2.18. The Hall–Kier alpha value is -2.53. The number of hydrogen-bond donors (Lipinski definition) is 1. The van der Waals surface area contributed by atoms with Crippen molar-refractivity contribution in [3.8, 4) is 0 Å². The van der Waals surface area contributed by atoms with Crippen LogP contribution >= 0.6 is 11.3 Å². The van der Waals surface area contributed by atoms with Crippen LogP contribution in [0.2, 0.25) is 0 Å². The summed E-state index contributed by atoms with van der Waals surface area (Å²) in [5.74, 6) is -0.224. The van der Waals surface area contributed by atoms with Crippen LogP contribution in [0, 0.1) is 6.92 Å². The highest BCUT2D eigenvalue weighted by Gasteiger charge is 2.11. The third-order valence-electron chi connectivity index (χ3n) is 3.29. The van der Waals surface area contributed by atoms with Crippen molar-refractivity contribution in [1.82, 2.24) is 10.4 Å². The van der Waals surface area contributed by atoms with Crippen LogP contribution in [0.3, 0.4) is 0 Å². The van der Waals surface area contributed by atoms with E-state index in [1.54, 1.807) is 17.4 Å². The number of aryl methyl sites for hydroxylation is 1. The summed E-state index contributed by atoms with van der Waals surface area (Å²) < 4.78 is 0. The summed E-state index contributed by atoms with van der Waals surface area (Å²) in [6.45, 7) is 3.76. The number of benzene rings is 1. The first-order valence-electron chi connectivity index (χ1n) is 6.90. The van der Waals surface area contributed by atoms with E-state index in [0.29, 0.717) is 5.56 Å². The highest BCUT2D eigenvalue weighted by molar-refractivity contribution is 7.12. The molecule has 3 aromatic rings. The smallest absolute Gasteiger partial charge is 0.267 e. The predicted molar refractivity (Wildman–Crippen MR) is 90.5 cm³/mol. The van der Waals surface area contributed by atoms with Crippen molar-refractivity contribution in [2.24, 2.45) is 5.10 Å². The van der Waals surface area contributed by atoms with Crippen LogP contribution in [0.4, 0.5) is 0 Å². The second-order valence-corrected chi connectivity index (χ2v) is 5.89. The molecule has 0 saturated heterocycles. The number of carbonyl (C=O) groups excluding carboxylic acids is 1. The Morgan fingerprint density at radius 1 is 1.23 bits per heavy atom. The first kappa shape index (κ1) is 14.4. The van der Waals surface area contributed by atoms with Gasteiger partial charge in [-0.2, -0.15) is 5.10 Å².